The number of hydrogen-bond acceptors (Lipinski definition) is 6. The van der Waals surface area contributed by atoms with Crippen LogP contribution in [0, 0.1) is 0 Å². The zero-order chi connectivity index (χ0) is 45.7. The molecule has 0 rings (SSSR count). The summed E-state index contributed by atoms with van der Waals surface area (Å²) in [5, 5.41) is 13.9. The Hall–Kier alpha value is -2.06. The molecular weight excluding hydrogens is 792 g/mol. The Morgan fingerprint density at radius 3 is 1.44 bits per heavy atom. The molecule has 3 atom stereocenters. The van der Waals surface area contributed by atoms with E-state index in [0.29, 0.717) is 23.9 Å². The molecule has 3 unspecified atom stereocenters. The van der Waals surface area contributed by atoms with Crippen LogP contribution < -0.4 is 10.2 Å². The number of allylic oxidation sites excluding steroid dienone is 12. The van der Waals surface area contributed by atoms with Gasteiger partial charge in [0.1, 0.15) is 13.2 Å². The molecule has 0 saturated heterocycles. The topological polar surface area (TPSA) is 108 Å². The van der Waals surface area contributed by atoms with Crippen LogP contribution in [0.1, 0.15) is 206 Å². The first-order chi connectivity index (χ1) is 30.0. The summed E-state index contributed by atoms with van der Waals surface area (Å²) in [4.78, 5) is 25.4. The summed E-state index contributed by atoms with van der Waals surface area (Å²) in [6, 6.07) is -0.813. The summed E-state index contributed by atoms with van der Waals surface area (Å²) in [7, 11) is 1.28. The molecule has 1 amide bonds. The van der Waals surface area contributed by atoms with Crippen LogP contribution in [0.25, 0.3) is 0 Å². The number of quaternary nitrogens is 1. The number of nitrogens with zero attached hydrogens (tertiary/aromatic N) is 1. The molecule has 0 saturated carbocycles. The Balaban J connectivity index is 4.31. The molecule has 62 heavy (non-hydrogen) atoms. The van der Waals surface area contributed by atoms with Crippen molar-refractivity contribution in [3.63, 3.8) is 0 Å². The SMILES string of the molecule is CC/C=C\C/C=C\C/C=C\C/C=C\C/C=C\C/C=C\CCCCCCCCC(=O)NC(COP(=O)([O-])OCC[N+](C)(C)C)C(O)CCCCCCCCCCCCCCCCC. The van der Waals surface area contributed by atoms with Gasteiger partial charge in [-0.2, -0.15) is 0 Å². The fraction of sp³-hybridized carbons (Fsp3) is 0.755. The van der Waals surface area contributed by atoms with Gasteiger partial charge in [-0.05, 0) is 64.2 Å². The van der Waals surface area contributed by atoms with Gasteiger partial charge in [-0.3, -0.25) is 9.36 Å². The van der Waals surface area contributed by atoms with E-state index in [1.54, 1.807) is 0 Å². The van der Waals surface area contributed by atoms with Crippen LogP contribution in [-0.2, 0) is 18.4 Å². The third-order valence-corrected chi connectivity index (χ3v) is 11.9. The maximum atomic E-state index is 12.9. The Morgan fingerprint density at radius 2 is 0.984 bits per heavy atom. The van der Waals surface area contributed by atoms with Crippen LogP contribution in [0.2, 0.25) is 0 Å². The highest BCUT2D eigenvalue weighted by molar-refractivity contribution is 7.45. The number of aliphatic hydroxyl groups excluding tert-OH is 1. The highest BCUT2D eigenvalue weighted by Crippen LogP contribution is 2.38. The van der Waals surface area contributed by atoms with E-state index in [9.17, 15) is 19.4 Å². The molecule has 2 N–H and O–H groups in total. The minimum absolute atomic E-state index is 0.00545. The van der Waals surface area contributed by atoms with E-state index in [1.807, 2.05) is 21.1 Å². The minimum Gasteiger partial charge on any atom is -0.756 e. The first-order valence-corrected chi connectivity index (χ1v) is 26.7. The summed E-state index contributed by atoms with van der Waals surface area (Å²) >= 11 is 0. The fourth-order valence-corrected chi connectivity index (χ4v) is 7.71. The van der Waals surface area contributed by atoms with Crippen molar-refractivity contribution in [2.45, 2.75) is 219 Å². The van der Waals surface area contributed by atoms with Crippen molar-refractivity contribution in [2.24, 2.45) is 0 Å². The number of hydrogen-bond donors (Lipinski definition) is 2. The standard InChI is InChI=1S/C53H97N2O6P/c1-6-8-10-12-14-16-18-20-22-23-24-25-26-27-28-29-30-31-33-35-37-39-41-43-45-47-53(57)54-51(50-61-62(58,59)60-49-48-55(3,4)5)52(56)46-44-42-40-38-36-34-32-21-19-17-15-13-11-9-7-2/h8,10,14,16,20,22,24-25,27-28,30-31,51-52,56H,6-7,9,11-13,15,17-19,21,23,26,29,32-50H2,1-5H3,(H-,54,57,58,59)/b10-8-,16-14-,22-20-,25-24-,28-27-,31-30-. The molecule has 0 heterocycles. The Bertz CT molecular complexity index is 1240. The lowest BCUT2D eigenvalue weighted by molar-refractivity contribution is -0.870. The highest BCUT2D eigenvalue weighted by atomic mass is 31.2. The highest BCUT2D eigenvalue weighted by Gasteiger charge is 2.24. The van der Waals surface area contributed by atoms with Gasteiger partial charge in [0, 0.05) is 6.42 Å². The van der Waals surface area contributed by atoms with Crippen molar-refractivity contribution in [1.82, 2.24) is 5.32 Å². The van der Waals surface area contributed by atoms with E-state index in [4.69, 9.17) is 9.05 Å². The van der Waals surface area contributed by atoms with E-state index >= 15 is 0 Å². The molecule has 9 heteroatoms. The normalized spacial score (nSPS) is 14.8. The van der Waals surface area contributed by atoms with E-state index in [2.05, 4.69) is 92.1 Å². The van der Waals surface area contributed by atoms with Gasteiger partial charge < -0.3 is 28.8 Å². The molecule has 8 nitrogen and oxygen atoms in total. The van der Waals surface area contributed by atoms with Gasteiger partial charge in [0.25, 0.3) is 7.82 Å². The average molecular weight is 889 g/mol. The number of carbonyl (C=O) groups excluding carboxylic acids is 1. The molecule has 0 aliphatic carbocycles. The van der Waals surface area contributed by atoms with Crippen molar-refractivity contribution in [2.75, 3.05) is 40.9 Å². The molecule has 0 aromatic heterocycles. The number of amides is 1. The second kappa shape index (κ2) is 44.2. The Kier molecular flexibility index (Phi) is 42.7. The molecule has 0 aliphatic heterocycles. The van der Waals surface area contributed by atoms with Gasteiger partial charge in [0.15, 0.2) is 0 Å². The number of rotatable bonds is 45. The van der Waals surface area contributed by atoms with Gasteiger partial charge in [0.2, 0.25) is 5.91 Å². The summed E-state index contributed by atoms with van der Waals surface area (Å²) in [6.07, 6.45) is 59.1. The molecule has 0 aliphatic rings. The number of unbranched alkanes of at least 4 members (excludes halogenated alkanes) is 20. The molecule has 0 aromatic rings. The molecular formula is C53H97N2O6P. The summed E-state index contributed by atoms with van der Waals surface area (Å²) in [5.74, 6) is -0.182. The van der Waals surface area contributed by atoms with Crippen LogP contribution >= 0.6 is 7.82 Å². The van der Waals surface area contributed by atoms with Crippen molar-refractivity contribution in [1.29, 1.82) is 0 Å². The number of nitrogens with one attached hydrogen (secondary N) is 1. The van der Waals surface area contributed by atoms with E-state index < -0.39 is 20.0 Å². The third-order valence-electron chi connectivity index (χ3n) is 11.0. The van der Waals surface area contributed by atoms with Crippen LogP contribution in [0.4, 0.5) is 0 Å². The summed E-state index contributed by atoms with van der Waals surface area (Å²) in [6.45, 7) is 4.59. The van der Waals surface area contributed by atoms with Gasteiger partial charge in [-0.25, -0.2) is 0 Å². The molecule has 0 spiro atoms. The zero-order valence-electron chi connectivity index (χ0n) is 40.8. The maximum absolute atomic E-state index is 12.9. The second-order valence-electron chi connectivity index (χ2n) is 18.1. The lowest BCUT2D eigenvalue weighted by Crippen LogP contribution is -2.46. The predicted octanol–water partition coefficient (Wildman–Crippen LogP) is 14.1. The van der Waals surface area contributed by atoms with E-state index in [0.717, 1.165) is 89.9 Å². The number of likely N-dealkylation sites (N-methyl/N-ethyl adjacent to an activating group) is 1. The summed E-state index contributed by atoms with van der Waals surface area (Å²) in [5.41, 5.74) is 0. The lowest BCUT2D eigenvalue weighted by atomic mass is 10.0. The second-order valence-corrected chi connectivity index (χ2v) is 19.6. The van der Waals surface area contributed by atoms with Gasteiger partial charge in [0.05, 0.1) is 39.9 Å². The van der Waals surface area contributed by atoms with E-state index in [-0.39, 0.29) is 19.1 Å². The van der Waals surface area contributed by atoms with Crippen molar-refractivity contribution >= 4 is 13.7 Å². The monoisotopic (exact) mass is 889 g/mol. The van der Waals surface area contributed by atoms with E-state index in [1.165, 1.54) is 89.9 Å². The number of phosphoric acid groups is 1. The number of carbonyl (C=O) groups is 1. The lowest BCUT2D eigenvalue weighted by Gasteiger charge is -2.30. The Labute approximate surface area is 383 Å². The van der Waals surface area contributed by atoms with Crippen molar-refractivity contribution in [3.8, 4) is 0 Å². The number of aliphatic hydroxyl groups is 1. The van der Waals surface area contributed by atoms with Gasteiger partial charge in [-0.1, -0.05) is 209 Å². The van der Waals surface area contributed by atoms with Crippen LogP contribution in [0.3, 0.4) is 0 Å². The third kappa shape index (κ3) is 45.9. The largest absolute Gasteiger partial charge is 0.756 e. The molecule has 360 valence electrons. The fourth-order valence-electron chi connectivity index (χ4n) is 6.98. The average Bonchev–Trinajstić information content (AvgIpc) is 3.23. The molecule has 0 fully saturated rings. The summed E-state index contributed by atoms with van der Waals surface area (Å²) < 4.78 is 23.3. The first kappa shape index (κ1) is 59.9. The van der Waals surface area contributed by atoms with Gasteiger partial charge in [-0.15, -0.1) is 0 Å². The zero-order valence-corrected chi connectivity index (χ0v) is 41.7. The molecule has 0 bridgehead atoms. The van der Waals surface area contributed by atoms with Crippen LogP contribution in [0.15, 0.2) is 72.9 Å². The van der Waals surface area contributed by atoms with Crippen LogP contribution in [-0.4, -0.2) is 68.5 Å². The minimum atomic E-state index is -4.58. The van der Waals surface area contributed by atoms with Crippen molar-refractivity contribution < 1.29 is 32.9 Å². The molecule has 0 radical (unpaired) electrons. The van der Waals surface area contributed by atoms with Gasteiger partial charge >= 0.3 is 0 Å². The quantitative estimate of drug-likeness (QED) is 0.0273. The smallest absolute Gasteiger partial charge is 0.268 e. The van der Waals surface area contributed by atoms with Crippen molar-refractivity contribution in [3.05, 3.63) is 72.9 Å². The maximum Gasteiger partial charge on any atom is 0.268 e. The first-order valence-electron chi connectivity index (χ1n) is 25.3. The van der Waals surface area contributed by atoms with Crippen LogP contribution in [0.5, 0.6) is 0 Å². The predicted molar refractivity (Wildman–Crippen MR) is 265 cm³/mol. The number of phosphoric ester groups is 1. The Morgan fingerprint density at radius 1 is 0.581 bits per heavy atom. The molecule has 0 aromatic carbocycles.